The van der Waals surface area contributed by atoms with E-state index in [1.165, 1.54) is 0 Å². The Kier molecular flexibility index (Phi) is 10.9. The number of aromatic nitrogens is 6. The Morgan fingerprint density at radius 3 is 0.773 bits per heavy atom. The lowest BCUT2D eigenvalue weighted by atomic mass is 9.93. The van der Waals surface area contributed by atoms with Crippen LogP contribution in [0.15, 0.2) is 243 Å². The molecule has 6 heteroatoms. The zero-order valence-electron chi connectivity index (χ0n) is 35.8. The molecule has 0 aliphatic carbocycles. The van der Waals surface area contributed by atoms with Crippen LogP contribution in [0.1, 0.15) is 0 Å². The van der Waals surface area contributed by atoms with Gasteiger partial charge in [-0.3, -0.25) is 0 Å². The van der Waals surface area contributed by atoms with E-state index in [4.69, 9.17) is 29.9 Å². The Balaban J connectivity index is 0.992. The van der Waals surface area contributed by atoms with Crippen LogP contribution in [0.3, 0.4) is 0 Å². The van der Waals surface area contributed by atoms with Crippen molar-refractivity contribution in [1.82, 2.24) is 29.9 Å². The molecule has 6 nitrogen and oxygen atoms in total. The molecule has 0 radical (unpaired) electrons. The van der Waals surface area contributed by atoms with Crippen molar-refractivity contribution in [2.75, 3.05) is 0 Å². The van der Waals surface area contributed by atoms with Gasteiger partial charge in [0.1, 0.15) is 0 Å². The van der Waals surface area contributed by atoms with Crippen molar-refractivity contribution in [1.29, 1.82) is 0 Å². The van der Waals surface area contributed by atoms with Gasteiger partial charge in [-0.15, -0.1) is 0 Å². The van der Waals surface area contributed by atoms with E-state index in [2.05, 4.69) is 140 Å². The van der Waals surface area contributed by atoms with Crippen molar-refractivity contribution in [3.8, 4) is 113 Å². The predicted molar refractivity (Wildman–Crippen MR) is 268 cm³/mol. The SMILES string of the molecule is c1ccc(-c2ccc(-c3nc(-c4ccccc4)nc(-c4cccc(-c5cccc(-c6cc(-c7ccccc7)cc(-c7nc(-c8ccccc8)nc(-c8ccccc8)n7)c6)c5)c4)n3)cc2)cc1. The fourth-order valence-electron chi connectivity index (χ4n) is 8.17. The summed E-state index contributed by atoms with van der Waals surface area (Å²) in [4.78, 5) is 30.3. The van der Waals surface area contributed by atoms with Crippen LogP contribution in [0.5, 0.6) is 0 Å². The third-order valence-corrected chi connectivity index (χ3v) is 11.6. The van der Waals surface area contributed by atoms with E-state index in [-0.39, 0.29) is 0 Å². The van der Waals surface area contributed by atoms with Gasteiger partial charge in [-0.1, -0.05) is 212 Å². The van der Waals surface area contributed by atoms with Crippen molar-refractivity contribution in [2.45, 2.75) is 0 Å². The van der Waals surface area contributed by atoms with Gasteiger partial charge >= 0.3 is 0 Å². The third-order valence-electron chi connectivity index (χ3n) is 11.6. The minimum absolute atomic E-state index is 0.601. The summed E-state index contributed by atoms with van der Waals surface area (Å²) < 4.78 is 0. The van der Waals surface area contributed by atoms with E-state index in [1.54, 1.807) is 0 Å². The Labute approximate surface area is 383 Å². The second kappa shape index (κ2) is 18.0. The lowest BCUT2D eigenvalue weighted by Crippen LogP contribution is -2.00. The van der Waals surface area contributed by atoms with Gasteiger partial charge in [0, 0.05) is 33.4 Å². The first-order valence-electron chi connectivity index (χ1n) is 21.9. The highest BCUT2D eigenvalue weighted by Crippen LogP contribution is 2.36. The normalized spacial score (nSPS) is 11.0. The topological polar surface area (TPSA) is 77.3 Å². The highest BCUT2D eigenvalue weighted by atomic mass is 15.0. The first-order chi connectivity index (χ1) is 32.7. The molecule has 9 aromatic carbocycles. The van der Waals surface area contributed by atoms with Gasteiger partial charge in [-0.05, 0) is 74.8 Å². The number of benzene rings is 9. The maximum absolute atomic E-state index is 5.10. The van der Waals surface area contributed by atoms with E-state index in [0.29, 0.717) is 34.9 Å². The summed E-state index contributed by atoms with van der Waals surface area (Å²) in [5.74, 6) is 3.68. The van der Waals surface area contributed by atoms with Crippen LogP contribution in [-0.4, -0.2) is 29.9 Å². The summed E-state index contributed by atoms with van der Waals surface area (Å²) in [5, 5.41) is 0. The van der Waals surface area contributed by atoms with E-state index in [0.717, 1.165) is 77.9 Å². The molecule has 2 aromatic heterocycles. The zero-order chi connectivity index (χ0) is 44.1. The molecule has 0 N–H and O–H groups in total. The van der Waals surface area contributed by atoms with Gasteiger partial charge in [0.2, 0.25) is 0 Å². The zero-order valence-corrected chi connectivity index (χ0v) is 35.8. The molecule has 0 aliphatic heterocycles. The molecule has 11 aromatic rings. The summed E-state index contributed by atoms with van der Waals surface area (Å²) in [7, 11) is 0. The lowest BCUT2D eigenvalue weighted by molar-refractivity contribution is 1.07. The van der Waals surface area contributed by atoms with Crippen molar-refractivity contribution >= 4 is 0 Å². The molecule has 0 atom stereocenters. The molecular weight excluding hydrogens is 805 g/mol. The van der Waals surface area contributed by atoms with E-state index >= 15 is 0 Å². The number of nitrogens with zero attached hydrogens (tertiary/aromatic N) is 6. The number of hydrogen-bond acceptors (Lipinski definition) is 6. The Morgan fingerprint density at radius 1 is 0.136 bits per heavy atom. The van der Waals surface area contributed by atoms with Crippen molar-refractivity contribution in [3.05, 3.63) is 243 Å². The molecule has 0 bridgehead atoms. The first kappa shape index (κ1) is 39.8. The third kappa shape index (κ3) is 8.54. The van der Waals surface area contributed by atoms with Crippen LogP contribution in [-0.2, 0) is 0 Å². The standard InChI is InChI=1S/C60H40N6/c1-6-18-41(19-7-1)43-32-34-47(35-33-43)58-62-55(44-22-10-3-11-23-44)63-59(64-58)51-31-17-29-49(37-51)48-28-16-30-50(36-48)53-38-52(42-20-8-2-9-21-42)39-54(40-53)60-65-56(45-24-12-4-13-25-45)61-57(66-60)46-26-14-5-15-27-46/h1-40H. The monoisotopic (exact) mass is 844 g/mol. The van der Waals surface area contributed by atoms with Crippen LogP contribution < -0.4 is 0 Å². The van der Waals surface area contributed by atoms with Crippen LogP contribution >= 0.6 is 0 Å². The molecule has 2 heterocycles. The summed E-state index contributed by atoms with van der Waals surface area (Å²) in [6, 6.07) is 83.2. The Morgan fingerprint density at radius 2 is 0.348 bits per heavy atom. The molecule has 66 heavy (non-hydrogen) atoms. The second-order valence-corrected chi connectivity index (χ2v) is 16.0. The van der Waals surface area contributed by atoms with E-state index in [1.807, 2.05) is 103 Å². The smallest absolute Gasteiger partial charge is 0.164 e. The predicted octanol–water partition coefficient (Wildman–Crippen LogP) is 14.7. The van der Waals surface area contributed by atoms with Gasteiger partial charge in [0.15, 0.2) is 34.9 Å². The second-order valence-electron chi connectivity index (χ2n) is 16.0. The highest BCUT2D eigenvalue weighted by Gasteiger charge is 2.17. The average molecular weight is 845 g/mol. The molecule has 0 saturated carbocycles. The van der Waals surface area contributed by atoms with Crippen LogP contribution in [0, 0.1) is 0 Å². The largest absolute Gasteiger partial charge is 0.208 e. The maximum Gasteiger partial charge on any atom is 0.164 e. The summed E-state index contributed by atoms with van der Waals surface area (Å²) >= 11 is 0. The Bertz CT molecular complexity index is 3380. The van der Waals surface area contributed by atoms with Gasteiger partial charge in [-0.25, -0.2) is 29.9 Å². The van der Waals surface area contributed by atoms with Crippen molar-refractivity contribution in [2.24, 2.45) is 0 Å². The fraction of sp³-hybridized carbons (Fsp3) is 0. The Hall–Kier alpha value is -9.00. The number of rotatable bonds is 10. The van der Waals surface area contributed by atoms with E-state index < -0.39 is 0 Å². The van der Waals surface area contributed by atoms with Crippen molar-refractivity contribution < 1.29 is 0 Å². The van der Waals surface area contributed by atoms with Gasteiger partial charge < -0.3 is 0 Å². The average Bonchev–Trinajstić information content (AvgIpc) is 3.42. The molecule has 0 saturated heterocycles. The van der Waals surface area contributed by atoms with Gasteiger partial charge in [-0.2, -0.15) is 0 Å². The van der Waals surface area contributed by atoms with Crippen LogP contribution in [0.2, 0.25) is 0 Å². The number of hydrogen-bond donors (Lipinski definition) is 0. The highest BCUT2D eigenvalue weighted by molar-refractivity contribution is 5.83. The van der Waals surface area contributed by atoms with Gasteiger partial charge in [0.05, 0.1) is 0 Å². The van der Waals surface area contributed by atoms with Crippen molar-refractivity contribution in [3.63, 3.8) is 0 Å². The molecule has 0 amide bonds. The molecule has 0 spiro atoms. The minimum Gasteiger partial charge on any atom is -0.208 e. The molecule has 310 valence electrons. The van der Waals surface area contributed by atoms with E-state index in [9.17, 15) is 0 Å². The lowest BCUT2D eigenvalue weighted by Gasteiger charge is -2.13. The summed E-state index contributed by atoms with van der Waals surface area (Å²) in [6.45, 7) is 0. The molecular formula is C60H40N6. The fourth-order valence-corrected chi connectivity index (χ4v) is 8.17. The summed E-state index contributed by atoms with van der Waals surface area (Å²) in [6.07, 6.45) is 0. The quantitative estimate of drug-likeness (QED) is 0.136. The minimum atomic E-state index is 0.601. The molecule has 0 aliphatic rings. The van der Waals surface area contributed by atoms with Crippen LogP contribution in [0.4, 0.5) is 0 Å². The maximum atomic E-state index is 5.10. The molecule has 11 rings (SSSR count). The first-order valence-corrected chi connectivity index (χ1v) is 21.9. The molecule has 0 fully saturated rings. The molecule has 0 unspecified atom stereocenters. The summed E-state index contributed by atoms with van der Waals surface area (Å²) in [5.41, 5.74) is 14.1. The van der Waals surface area contributed by atoms with Gasteiger partial charge in [0.25, 0.3) is 0 Å². The van der Waals surface area contributed by atoms with Crippen LogP contribution in [0.25, 0.3) is 113 Å².